The molecular weight excluding hydrogens is 563 g/mol. The number of aryl methyl sites for hydroxylation is 2. The number of sulfonamides is 2. The Morgan fingerprint density at radius 1 is 1.08 bits per heavy atom. The van der Waals surface area contributed by atoms with E-state index in [2.05, 4.69) is 5.32 Å². The van der Waals surface area contributed by atoms with Crippen LogP contribution in [0.25, 0.3) is 0 Å². The number of piperazine rings is 1. The molecule has 0 saturated carbocycles. The van der Waals surface area contributed by atoms with Gasteiger partial charge in [-0.25, -0.2) is 21.6 Å². The highest BCUT2D eigenvalue weighted by Gasteiger charge is 2.38. The third kappa shape index (κ3) is 9.17. The van der Waals surface area contributed by atoms with Crippen LogP contribution < -0.4 is 10.1 Å². The van der Waals surface area contributed by atoms with Crippen LogP contribution >= 0.6 is 0 Å². The van der Waals surface area contributed by atoms with E-state index in [0.29, 0.717) is 43.1 Å². The van der Waals surface area contributed by atoms with Crippen LogP contribution in [0.2, 0.25) is 0 Å². The summed E-state index contributed by atoms with van der Waals surface area (Å²) in [5.41, 5.74) is 2.25. The van der Waals surface area contributed by atoms with Gasteiger partial charge in [-0.05, 0) is 31.5 Å². The Labute approximate surface area is 226 Å². The first kappa shape index (κ1) is 32.5. The van der Waals surface area contributed by atoms with E-state index in [1.165, 1.54) is 15.7 Å². The summed E-state index contributed by atoms with van der Waals surface area (Å²) in [6.45, 7) is 5.46. The number of carbonyl (C=O) groups is 1. The average molecular weight is 596 g/mol. The van der Waals surface area contributed by atoms with Crippen LogP contribution in [0.5, 0.6) is 5.75 Å². The molecule has 2 aromatic rings. The van der Waals surface area contributed by atoms with Gasteiger partial charge in [0.2, 0.25) is 20.0 Å². The molecule has 1 aliphatic rings. The summed E-state index contributed by atoms with van der Waals surface area (Å²) >= 11 is 0. The van der Waals surface area contributed by atoms with Crippen LogP contribution in [-0.4, -0.2) is 88.3 Å². The fourth-order valence-electron chi connectivity index (χ4n) is 3.80. The van der Waals surface area contributed by atoms with Gasteiger partial charge in [0, 0.05) is 44.8 Å². The minimum atomic E-state index is -5.08. The number of halogens is 3. The second kappa shape index (κ2) is 13.6. The summed E-state index contributed by atoms with van der Waals surface area (Å²) < 4.78 is 92.8. The first-order valence-electron chi connectivity index (χ1n) is 11.8. The summed E-state index contributed by atoms with van der Waals surface area (Å²) in [5, 5.41) is 10.3. The number of nitrogens with zero attached hydrogens (tertiary/aromatic N) is 2. The molecule has 0 spiro atoms. The number of alkyl halides is 3. The second-order valence-electron chi connectivity index (χ2n) is 8.69. The van der Waals surface area contributed by atoms with Gasteiger partial charge in [0.15, 0.2) is 0 Å². The molecule has 39 heavy (non-hydrogen) atoms. The number of nitrogens with one attached hydrogen (secondary N) is 1. The molecular formula is C24H32F3N3O7S2. The lowest BCUT2D eigenvalue weighted by molar-refractivity contribution is -0.192. The van der Waals surface area contributed by atoms with Gasteiger partial charge < -0.3 is 15.2 Å². The quantitative estimate of drug-likeness (QED) is 0.452. The number of benzene rings is 2. The third-order valence-electron chi connectivity index (χ3n) is 5.80. The summed E-state index contributed by atoms with van der Waals surface area (Å²) in [7, 11) is -6.01. The van der Waals surface area contributed by atoms with Gasteiger partial charge in [0.05, 0.1) is 17.8 Å². The largest absolute Gasteiger partial charge is 0.496 e. The predicted octanol–water partition coefficient (Wildman–Crippen LogP) is 2.37. The Bertz CT molecular complexity index is 1340. The van der Waals surface area contributed by atoms with Gasteiger partial charge >= 0.3 is 12.1 Å². The second-order valence-corrected chi connectivity index (χ2v) is 12.7. The number of ether oxygens (including phenoxy) is 1. The molecule has 1 saturated heterocycles. The summed E-state index contributed by atoms with van der Waals surface area (Å²) in [6.07, 6.45) is -5.08. The van der Waals surface area contributed by atoms with Gasteiger partial charge in [-0.2, -0.15) is 21.8 Å². The standard InChI is InChI=1S/C22H31N3O5S2.C2HF3O2/c1-18-8-9-22(19(2)16-18)32(28,29)25(17-20-6-4-5-7-21(20)30-3)14-15-31(26,27)24-12-10-23-11-13-24;3-2(4,5)1(6)7/h4-9,16,23H,10-15,17H2,1-3H3;(H,6,7). The summed E-state index contributed by atoms with van der Waals surface area (Å²) in [5.74, 6) is -2.49. The maximum atomic E-state index is 13.6. The minimum absolute atomic E-state index is 0.0107. The Morgan fingerprint density at radius 2 is 1.67 bits per heavy atom. The third-order valence-corrected chi connectivity index (χ3v) is 9.65. The molecule has 1 fully saturated rings. The number of carboxylic acid groups (broad SMARTS) is 1. The van der Waals surface area contributed by atoms with Crippen LogP contribution in [0.15, 0.2) is 47.4 Å². The van der Waals surface area contributed by atoms with Gasteiger partial charge in [-0.15, -0.1) is 0 Å². The predicted molar refractivity (Wildman–Crippen MR) is 138 cm³/mol. The molecule has 0 aliphatic carbocycles. The van der Waals surface area contributed by atoms with E-state index in [4.69, 9.17) is 14.6 Å². The molecule has 0 unspecified atom stereocenters. The molecule has 0 atom stereocenters. The molecule has 218 valence electrons. The van der Waals surface area contributed by atoms with E-state index < -0.39 is 32.2 Å². The molecule has 15 heteroatoms. The number of rotatable bonds is 9. The Balaban J connectivity index is 0.000000673. The van der Waals surface area contributed by atoms with Crippen molar-refractivity contribution in [2.75, 3.05) is 45.6 Å². The molecule has 1 heterocycles. The fraction of sp³-hybridized carbons (Fsp3) is 0.458. The minimum Gasteiger partial charge on any atom is -0.496 e. The molecule has 0 bridgehead atoms. The maximum Gasteiger partial charge on any atom is 0.490 e. The van der Waals surface area contributed by atoms with E-state index in [1.807, 2.05) is 13.0 Å². The van der Waals surface area contributed by atoms with Crippen molar-refractivity contribution in [2.45, 2.75) is 31.5 Å². The van der Waals surface area contributed by atoms with E-state index in [9.17, 15) is 30.0 Å². The van der Waals surface area contributed by atoms with Crippen molar-refractivity contribution in [3.63, 3.8) is 0 Å². The van der Waals surface area contributed by atoms with Crippen LogP contribution in [0.1, 0.15) is 16.7 Å². The van der Waals surface area contributed by atoms with E-state index in [0.717, 1.165) is 5.56 Å². The van der Waals surface area contributed by atoms with Gasteiger partial charge in [-0.3, -0.25) is 0 Å². The molecule has 2 N–H and O–H groups in total. The van der Waals surface area contributed by atoms with Crippen molar-refractivity contribution in [3.8, 4) is 5.75 Å². The normalized spacial score (nSPS) is 14.9. The van der Waals surface area contributed by atoms with Crippen LogP contribution in [-0.2, 0) is 31.4 Å². The zero-order chi connectivity index (χ0) is 29.4. The van der Waals surface area contributed by atoms with Crippen LogP contribution in [0, 0.1) is 13.8 Å². The van der Waals surface area contributed by atoms with E-state index in [1.54, 1.807) is 43.3 Å². The summed E-state index contributed by atoms with van der Waals surface area (Å²) in [6, 6.07) is 12.3. The zero-order valence-corrected chi connectivity index (χ0v) is 23.4. The first-order valence-corrected chi connectivity index (χ1v) is 14.8. The number of methoxy groups -OCH3 is 1. The molecule has 3 rings (SSSR count). The van der Waals surface area contributed by atoms with Gasteiger partial charge in [-0.1, -0.05) is 35.9 Å². The molecule has 2 aromatic carbocycles. The molecule has 0 amide bonds. The van der Waals surface area contributed by atoms with Crippen molar-refractivity contribution < 1.29 is 44.6 Å². The highest BCUT2D eigenvalue weighted by atomic mass is 32.2. The monoisotopic (exact) mass is 595 g/mol. The fourth-order valence-corrected chi connectivity index (χ4v) is 6.99. The van der Waals surface area contributed by atoms with Crippen LogP contribution in [0.3, 0.4) is 0 Å². The van der Waals surface area contributed by atoms with Crippen molar-refractivity contribution in [1.82, 2.24) is 13.9 Å². The van der Waals surface area contributed by atoms with Crippen molar-refractivity contribution >= 4 is 26.0 Å². The maximum absolute atomic E-state index is 13.6. The molecule has 0 aromatic heterocycles. The number of aliphatic carboxylic acids is 1. The highest BCUT2D eigenvalue weighted by molar-refractivity contribution is 7.90. The van der Waals surface area contributed by atoms with Gasteiger partial charge in [0.1, 0.15) is 5.75 Å². The number of para-hydroxylation sites is 1. The van der Waals surface area contributed by atoms with E-state index >= 15 is 0 Å². The first-order chi connectivity index (χ1) is 18.1. The molecule has 1 aliphatic heterocycles. The summed E-state index contributed by atoms with van der Waals surface area (Å²) in [4.78, 5) is 9.07. The Kier molecular flexibility index (Phi) is 11.3. The lowest BCUT2D eigenvalue weighted by Gasteiger charge is -2.28. The number of hydrogen-bond acceptors (Lipinski definition) is 7. The van der Waals surface area contributed by atoms with Gasteiger partial charge in [0.25, 0.3) is 0 Å². The Morgan fingerprint density at radius 3 is 2.21 bits per heavy atom. The number of carboxylic acids is 1. The lowest BCUT2D eigenvalue weighted by Crippen LogP contribution is -2.48. The highest BCUT2D eigenvalue weighted by Crippen LogP contribution is 2.26. The van der Waals surface area contributed by atoms with Crippen molar-refractivity contribution in [3.05, 3.63) is 59.2 Å². The number of hydrogen-bond donors (Lipinski definition) is 2. The SMILES string of the molecule is COc1ccccc1CN(CCS(=O)(=O)N1CCNCC1)S(=O)(=O)c1ccc(C)cc1C.O=C(O)C(F)(F)F. The zero-order valence-electron chi connectivity index (χ0n) is 21.7. The smallest absolute Gasteiger partial charge is 0.490 e. The van der Waals surface area contributed by atoms with E-state index in [-0.39, 0.29) is 23.7 Å². The molecule has 0 radical (unpaired) electrons. The molecule has 10 nitrogen and oxygen atoms in total. The average Bonchev–Trinajstić information content (AvgIpc) is 2.86. The van der Waals surface area contributed by atoms with Crippen LogP contribution in [0.4, 0.5) is 13.2 Å². The van der Waals surface area contributed by atoms with Crippen molar-refractivity contribution in [1.29, 1.82) is 0 Å². The Hall–Kier alpha value is -2.72. The lowest BCUT2D eigenvalue weighted by atomic mass is 10.2. The van der Waals surface area contributed by atoms with Crippen molar-refractivity contribution in [2.24, 2.45) is 0 Å². The topological polar surface area (TPSA) is 133 Å².